The third-order valence-electron chi connectivity index (χ3n) is 3.28. The van der Waals surface area contributed by atoms with Crippen LogP contribution in [-0.4, -0.2) is 63.6 Å². The maximum absolute atomic E-state index is 11.6. The zero-order chi connectivity index (χ0) is 13.9. The van der Waals surface area contributed by atoms with E-state index in [9.17, 15) is 4.79 Å². The smallest absolute Gasteiger partial charge is 0.409 e. The van der Waals surface area contributed by atoms with E-state index in [-0.39, 0.29) is 6.09 Å². The Morgan fingerprint density at radius 2 is 2.10 bits per heavy atom. The summed E-state index contributed by atoms with van der Waals surface area (Å²) in [5, 5.41) is 12.2. The number of hydrogen-bond acceptors (Lipinski definition) is 6. The number of anilines is 1. The third kappa shape index (κ3) is 2.36. The summed E-state index contributed by atoms with van der Waals surface area (Å²) in [5.41, 5.74) is 0.721. The molecule has 0 bridgehead atoms. The zero-order valence-electron chi connectivity index (χ0n) is 11.3. The van der Waals surface area contributed by atoms with Gasteiger partial charge in [0.15, 0.2) is 5.65 Å². The molecule has 1 amide bonds. The first-order chi connectivity index (χ1) is 9.78. The van der Waals surface area contributed by atoms with Gasteiger partial charge in [0.2, 0.25) is 0 Å². The predicted octanol–water partition coefficient (Wildman–Crippen LogP) is 0.403. The fourth-order valence-electron chi connectivity index (χ4n) is 2.22. The van der Waals surface area contributed by atoms with Crippen LogP contribution in [0.15, 0.2) is 18.5 Å². The highest BCUT2D eigenvalue weighted by molar-refractivity contribution is 5.68. The van der Waals surface area contributed by atoms with Crippen molar-refractivity contribution in [2.24, 2.45) is 0 Å². The summed E-state index contributed by atoms with van der Waals surface area (Å²) in [4.78, 5) is 15.5. The fraction of sp³-hybridized carbons (Fsp3) is 0.500. The van der Waals surface area contributed by atoms with E-state index in [0.717, 1.165) is 24.6 Å². The number of fused-ring (bicyclic) bond motifs is 1. The molecule has 0 atom stereocenters. The van der Waals surface area contributed by atoms with Crippen LogP contribution < -0.4 is 4.90 Å². The van der Waals surface area contributed by atoms with Crippen molar-refractivity contribution >= 4 is 17.6 Å². The Balaban J connectivity index is 1.66. The summed E-state index contributed by atoms with van der Waals surface area (Å²) in [7, 11) is 0. The van der Waals surface area contributed by atoms with E-state index in [0.29, 0.717) is 19.7 Å². The summed E-state index contributed by atoms with van der Waals surface area (Å²) in [6.45, 7) is 4.97. The summed E-state index contributed by atoms with van der Waals surface area (Å²) >= 11 is 0. The number of aromatic nitrogens is 4. The topological polar surface area (TPSA) is 75.9 Å². The average Bonchev–Trinajstić information content (AvgIpc) is 2.95. The number of amides is 1. The van der Waals surface area contributed by atoms with Gasteiger partial charge in [0.05, 0.1) is 6.61 Å². The van der Waals surface area contributed by atoms with Gasteiger partial charge in [0, 0.05) is 26.2 Å². The van der Waals surface area contributed by atoms with Crippen LogP contribution in [-0.2, 0) is 4.74 Å². The molecule has 8 heteroatoms. The number of nitrogens with zero attached hydrogens (tertiary/aromatic N) is 6. The maximum atomic E-state index is 11.6. The first kappa shape index (κ1) is 12.6. The van der Waals surface area contributed by atoms with Gasteiger partial charge in [-0.15, -0.1) is 15.3 Å². The molecule has 8 nitrogen and oxygen atoms in total. The van der Waals surface area contributed by atoms with E-state index in [4.69, 9.17) is 4.74 Å². The minimum absolute atomic E-state index is 0.241. The molecule has 0 aromatic carbocycles. The molecule has 0 radical (unpaired) electrons. The monoisotopic (exact) mass is 276 g/mol. The Morgan fingerprint density at radius 3 is 2.85 bits per heavy atom. The van der Waals surface area contributed by atoms with Crippen molar-refractivity contribution in [1.29, 1.82) is 0 Å². The van der Waals surface area contributed by atoms with E-state index in [1.165, 1.54) is 0 Å². The van der Waals surface area contributed by atoms with Gasteiger partial charge >= 0.3 is 6.09 Å². The van der Waals surface area contributed by atoms with Crippen molar-refractivity contribution in [3.8, 4) is 0 Å². The van der Waals surface area contributed by atoms with Crippen LogP contribution in [0.2, 0.25) is 0 Å². The molecule has 106 valence electrons. The lowest BCUT2D eigenvalue weighted by Gasteiger charge is -2.34. The van der Waals surface area contributed by atoms with E-state index in [1.807, 2.05) is 19.1 Å². The van der Waals surface area contributed by atoms with Gasteiger partial charge in [-0.3, -0.25) is 0 Å². The second kappa shape index (κ2) is 5.32. The van der Waals surface area contributed by atoms with Gasteiger partial charge < -0.3 is 14.5 Å². The van der Waals surface area contributed by atoms with Crippen LogP contribution in [0.3, 0.4) is 0 Å². The van der Waals surface area contributed by atoms with Crippen molar-refractivity contribution < 1.29 is 9.53 Å². The molecule has 1 fully saturated rings. The molecule has 2 aromatic rings. The number of rotatable bonds is 2. The van der Waals surface area contributed by atoms with Crippen molar-refractivity contribution in [3.63, 3.8) is 0 Å². The SMILES string of the molecule is CCOC(=O)N1CCN(c2ccc3nncn3n2)CC1. The van der Waals surface area contributed by atoms with Gasteiger partial charge in [0.1, 0.15) is 12.1 Å². The van der Waals surface area contributed by atoms with Gasteiger partial charge in [-0.1, -0.05) is 0 Å². The molecular formula is C12H16N6O2. The third-order valence-corrected chi connectivity index (χ3v) is 3.28. The normalized spacial score (nSPS) is 15.7. The maximum Gasteiger partial charge on any atom is 0.409 e. The highest BCUT2D eigenvalue weighted by Crippen LogP contribution is 2.14. The molecule has 2 aromatic heterocycles. The van der Waals surface area contributed by atoms with Crippen LogP contribution >= 0.6 is 0 Å². The Kier molecular flexibility index (Phi) is 3.36. The van der Waals surface area contributed by atoms with E-state index < -0.39 is 0 Å². The average molecular weight is 276 g/mol. The second-order valence-electron chi connectivity index (χ2n) is 4.50. The van der Waals surface area contributed by atoms with E-state index in [1.54, 1.807) is 15.7 Å². The fourth-order valence-corrected chi connectivity index (χ4v) is 2.22. The highest BCUT2D eigenvalue weighted by Gasteiger charge is 2.22. The number of hydrogen-bond donors (Lipinski definition) is 0. The highest BCUT2D eigenvalue weighted by atomic mass is 16.6. The van der Waals surface area contributed by atoms with Crippen molar-refractivity contribution in [3.05, 3.63) is 18.5 Å². The number of carbonyl (C=O) groups is 1. The van der Waals surface area contributed by atoms with Crippen molar-refractivity contribution in [1.82, 2.24) is 24.7 Å². The second-order valence-corrected chi connectivity index (χ2v) is 4.50. The van der Waals surface area contributed by atoms with Gasteiger partial charge in [0.25, 0.3) is 0 Å². The number of carbonyl (C=O) groups excluding carboxylic acids is 1. The zero-order valence-corrected chi connectivity index (χ0v) is 11.3. The van der Waals surface area contributed by atoms with E-state index >= 15 is 0 Å². The lowest BCUT2D eigenvalue weighted by Crippen LogP contribution is -2.49. The summed E-state index contributed by atoms with van der Waals surface area (Å²) in [6.07, 6.45) is 1.34. The molecule has 0 N–H and O–H groups in total. The first-order valence-electron chi connectivity index (χ1n) is 6.61. The number of piperazine rings is 1. The van der Waals surface area contributed by atoms with Crippen LogP contribution in [0, 0.1) is 0 Å². The van der Waals surface area contributed by atoms with Crippen LogP contribution in [0.1, 0.15) is 6.92 Å². The summed E-state index contributed by atoms with van der Waals surface area (Å²) < 4.78 is 6.65. The van der Waals surface area contributed by atoms with Crippen molar-refractivity contribution in [2.45, 2.75) is 6.92 Å². The lowest BCUT2D eigenvalue weighted by atomic mass is 10.3. The van der Waals surface area contributed by atoms with Gasteiger partial charge in [-0.2, -0.15) is 4.52 Å². The molecule has 3 heterocycles. The summed E-state index contributed by atoms with van der Waals surface area (Å²) in [5.74, 6) is 0.862. The molecule has 1 aliphatic heterocycles. The molecule has 0 aliphatic carbocycles. The van der Waals surface area contributed by atoms with Crippen LogP contribution in [0.5, 0.6) is 0 Å². The molecule has 1 aliphatic rings. The molecule has 0 saturated carbocycles. The molecule has 0 spiro atoms. The molecule has 20 heavy (non-hydrogen) atoms. The predicted molar refractivity (Wildman–Crippen MR) is 71.6 cm³/mol. The Morgan fingerprint density at radius 1 is 1.30 bits per heavy atom. The standard InChI is InChI=1S/C12H16N6O2/c1-2-20-12(19)17-7-5-16(6-8-17)11-4-3-10-14-13-9-18(10)15-11/h3-4,9H,2,5-8H2,1H3. The van der Waals surface area contributed by atoms with E-state index in [2.05, 4.69) is 20.2 Å². The Labute approximate surface area is 115 Å². The quantitative estimate of drug-likeness (QED) is 0.790. The molecule has 3 rings (SSSR count). The van der Waals surface area contributed by atoms with Crippen molar-refractivity contribution in [2.75, 3.05) is 37.7 Å². The Hall–Kier alpha value is -2.38. The van der Waals surface area contributed by atoms with Crippen LogP contribution in [0.25, 0.3) is 5.65 Å². The largest absolute Gasteiger partial charge is 0.450 e. The minimum atomic E-state index is -0.241. The van der Waals surface area contributed by atoms with Crippen LogP contribution in [0.4, 0.5) is 10.6 Å². The lowest BCUT2D eigenvalue weighted by molar-refractivity contribution is 0.105. The van der Waals surface area contributed by atoms with Gasteiger partial charge in [-0.05, 0) is 19.1 Å². The molecule has 0 unspecified atom stereocenters. The van der Waals surface area contributed by atoms with Gasteiger partial charge in [-0.25, -0.2) is 4.79 Å². The minimum Gasteiger partial charge on any atom is -0.450 e. The first-order valence-corrected chi connectivity index (χ1v) is 6.61. The molecule has 1 saturated heterocycles. The summed E-state index contributed by atoms with van der Waals surface area (Å²) in [6, 6.07) is 3.80. The number of ether oxygens (including phenoxy) is 1. The molecular weight excluding hydrogens is 260 g/mol. The Bertz CT molecular complexity index is 605.